The zero-order chi connectivity index (χ0) is 20.1. The molecule has 3 rings (SSSR count). The molecule has 2 N–H and O–H groups in total. The maximum atomic E-state index is 13.4. The quantitative estimate of drug-likeness (QED) is 0.471. The Morgan fingerprint density at radius 1 is 1.04 bits per heavy atom. The van der Waals surface area contributed by atoms with Gasteiger partial charge in [-0.25, -0.2) is 9.97 Å². The van der Waals surface area contributed by atoms with Crippen LogP contribution < -0.4 is 5.73 Å². The van der Waals surface area contributed by atoms with Gasteiger partial charge >= 0.3 is 12.4 Å². The van der Waals surface area contributed by atoms with Crippen LogP contribution in [0.15, 0.2) is 24.3 Å². The fourth-order valence-electron chi connectivity index (χ4n) is 2.48. The summed E-state index contributed by atoms with van der Waals surface area (Å²) in [7, 11) is 0. The van der Waals surface area contributed by atoms with Crippen molar-refractivity contribution < 1.29 is 31.1 Å². The molecule has 0 atom stereocenters. The van der Waals surface area contributed by atoms with E-state index in [1.54, 1.807) is 0 Å². The number of nitrogens with zero attached hydrogens (tertiary/aromatic N) is 2. The number of anilines is 1. The highest BCUT2D eigenvalue weighted by Crippen LogP contribution is 2.42. The van der Waals surface area contributed by atoms with Crippen LogP contribution in [-0.4, -0.2) is 15.8 Å². The normalized spacial score (nSPS) is 12.6. The first-order valence-electron chi connectivity index (χ1n) is 7.24. The van der Waals surface area contributed by atoms with Crippen molar-refractivity contribution >= 4 is 33.3 Å². The summed E-state index contributed by atoms with van der Waals surface area (Å²) < 4.78 is 78.9. The number of fused-ring (bicyclic) bond motifs is 1. The minimum Gasteiger partial charge on any atom is -0.368 e. The van der Waals surface area contributed by atoms with Crippen LogP contribution in [0.2, 0.25) is 0 Å². The molecule has 0 saturated heterocycles. The number of nitrogens with two attached hydrogens (primary N) is 1. The van der Waals surface area contributed by atoms with Gasteiger partial charge in [-0.3, -0.25) is 4.79 Å². The molecule has 3 aromatic rings. The Labute approximate surface area is 151 Å². The second-order valence-electron chi connectivity index (χ2n) is 5.57. The summed E-state index contributed by atoms with van der Waals surface area (Å²) in [5.74, 6) is -0.700. The number of nitrogen functional groups attached to an aromatic ring is 1. The van der Waals surface area contributed by atoms with Gasteiger partial charge in [-0.2, -0.15) is 26.3 Å². The molecular formula is C16H9F6N3OS. The van der Waals surface area contributed by atoms with E-state index in [9.17, 15) is 31.1 Å². The van der Waals surface area contributed by atoms with Gasteiger partial charge in [-0.15, -0.1) is 11.3 Å². The minimum absolute atomic E-state index is 0.0255. The number of aromatic nitrogens is 2. The highest BCUT2D eigenvalue weighted by Gasteiger charge is 2.39. The van der Waals surface area contributed by atoms with Gasteiger partial charge in [0, 0.05) is 10.9 Å². The molecule has 2 heterocycles. The summed E-state index contributed by atoms with van der Waals surface area (Å²) >= 11 is 0.907. The summed E-state index contributed by atoms with van der Waals surface area (Å²) in [6.45, 7) is 1.26. The van der Waals surface area contributed by atoms with Gasteiger partial charge < -0.3 is 5.73 Å². The molecule has 0 radical (unpaired) electrons. The Kier molecular flexibility index (Phi) is 4.37. The van der Waals surface area contributed by atoms with E-state index in [0.29, 0.717) is 12.1 Å². The number of alkyl halides is 6. The molecule has 0 fully saturated rings. The molecule has 0 saturated carbocycles. The van der Waals surface area contributed by atoms with E-state index in [-0.39, 0.29) is 38.6 Å². The van der Waals surface area contributed by atoms with Crippen molar-refractivity contribution in [3.63, 3.8) is 0 Å². The number of halogens is 6. The van der Waals surface area contributed by atoms with Crippen LogP contribution in [0.4, 0.5) is 32.3 Å². The highest BCUT2D eigenvalue weighted by atomic mass is 32.1. The van der Waals surface area contributed by atoms with Crippen LogP contribution in [0.3, 0.4) is 0 Å². The number of benzene rings is 1. The van der Waals surface area contributed by atoms with E-state index >= 15 is 0 Å². The lowest BCUT2D eigenvalue weighted by Crippen LogP contribution is -2.12. The Balaban J connectivity index is 2.35. The van der Waals surface area contributed by atoms with Crippen molar-refractivity contribution in [1.29, 1.82) is 0 Å². The third-order valence-electron chi connectivity index (χ3n) is 3.66. The Bertz CT molecular complexity index is 1050. The molecule has 4 nitrogen and oxygen atoms in total. The van der Waals surface area contributed by atoms with Crippen LogP contribution in [0.5, 0.6) is 0 Å². The summed E-state index contributed by atoms with van der Waals surface area (Å²) in [6.07, 6.45) is -10.0. The first-order valence-corrected chi connectivity index (χ1v) is 8.06. The lowest BCUT2D eigenvalue weighted by Gasteiger charge is -2.16. The Morgan fingerprint density at radius 2 is 1.70 bits per heavy atom. The molecule has 0 aliphatic rings. The number of hydrogen-bond donors (Lipinski definition) is 1. The predicted octanol–water partition coefficient (Wildman–Crippen LogP) is 5.18. The van der Waals surface area contributed by atoms with Crippen molar-refractivity contribution in [3.8, 4) is 11.3 Å². The molecule has 142 valence electrons. The number of Topliss-reactive ketones (excluding diaryl/α,β-unsaturated/α-hetero) is 1. The largest absolute Gasteiger partial charge is 0.417 e. The van der Waals surface area contributed by atoms with Crippen molar-refractivity contribution in [1.82, 2.24) is 9.97 Å². The molecular weight excluding hydrogens is 396 g/mol. The number of ketones is 1. The first kappa shape index (κ1) is 19.1. The maximum Gasteiger partial charge on any atom is 0.417 e. The van der Waals surface area contributed by atoms with Crippen LogP contribution in [0, 0.1) is 0 Å². The van der Waals surface area contributed by atoms with Crippen LogP contribution >= 0.6 is 11.3 Å². The monoisotopic (exact) mass is 405 g/mol. The third kappa shape index (κ3) is 3.59. The Morgan fingerprint density at radius 3 is 2.26 bits per heavy atom. The number of carbonyl (C=O) groups is 1. The fourth-order valence-corrected chi connectivity index (χ4v) is 3.41. The molecule has 0 aliphatic carbocycles. The van der Waals surface area contributed by atoms with Gasteiger partial charge in [0.15, 0.2) is 5.78 Å². The number of rotatable bonds is 2. The molecule has 11 heteroatoms. The highest BCUT2D eigenvalue weighted by molar-refractivity contribution is 7.20. The summed E-state index contributed by atoms with van der Waals surface area (Å²) in [5, 5.41) is 0.102. The first-order chi connectivity index (χ1) is 12.4. The van der Waals surface area contributed by atoms with Gasteiger partial charge in [0.2, 0.25) is 5.95 Å². The fraction of sp³-hybridized carbons (Fsp3) is 0.188. The van der Waals surface area contributed by atoms with E-state index in [1.165, 1.54) is 13.0 Å². The molecule has 0 amide bonds. The average Bonchev–Trinajstić information content (AvgIpc) is 2.96. The smallest absolute Gasteiger partial charge is 0.368 e. The zero-order valence-corrected chi connectivity index (χ0v) is 14.2. The SMILES string of the molecule is CC(=O)c1cc2c(-c3ccc(C(F)(F)F)cc3C(F)(F)F)nc(N)nc2s1. The van der Waals surface area contributed by atoms with Crippen LogP contribution in [0.25, 0.3) is 21.5 Å². The van der Waals surface area contributed by atoms with Crippen molar-refractivity contribution in [2.24, 2.45) is 0 Å². The van der Waals surface area contributed by atoms with E-state index < -0.39 is 29.0 Å². The minimum atomic E-state index is -5.07. The second-order valence-corrected chi connectivity index (χ2v) is 6.60. The molecule has 0 spiro atoms. The number of carbonyl (C=O) groups excluding carboxylic acids is 1. The molecule has 0 unspecified atom stereocenters. The number of hydrogen-bond acceptors (Lipinski definition) is 5. The molecule has 27 heavy (non-hydrogen) atoms. The van der Waals surface area contributed by atoms with Crippen molar-refractivity contribution in [2.75, 3.05) is 5.73 Å². The van der Waals surface area contributed by atoms with Gasteiger partial charge in [-0.1, -0.05) is 6.07 Å². The van der Waals surface area contributed by atoms with Crippen LogP contribution in [0.1, 0.15) is 27.7 Å². The molecule has 2 aromatic heterocycles. The molecule has 0 bridgehead atoms. The second kappa shape index (κ2) is 6.19. The van der Waals surface area contributed by atoms with Crippen LogP contribution in [-0.2, 0) is 12.4 Å². The number of thiophene rings is 1. The third-order valence-corrected chi connectivity index (χ3v) is 4.79. The molecule has 0 aliphatic heterocycles. The van der Waals surface area contributed by atoms with E-state index in [2.05, 4.69) is 9.97 Å². The maximum absolute atomic E-state index is 13.4. The van der Waals surface area contributed by atoms with Gasteiger partial charge in [0.05, 0.1) is 21.7 Å². The summed E-state index contributed by atoms with van der Waals surface area (Å²) in [4.78, 5) is 19.6. The Hall–Kier alpha value is -2.69. The zero-order valence-electron chi connectivity index (χ0n) is 13.4. The van der Waals surface area contributed by atoms with Crippen molar-refractivity contribution in [2.45, 2.75) is 19.3 Å². The lowest BCUT2D eigenvalue weighted by molar-refractivity contribution is -0.142. The summed E-state index contributed by atoms with van der Waals surface area (Å²) in [6, 6.07) is 2.55. The van der Waals surface area contributed by atoms with E-state index in [4.69, 9.17) is 5.73 Å². The van der Waals surface area contributed by atoms with Crippen molar-refractivity contribution in [3.05, 3.63) is 40.3 Å². The molecule has 1 aromatic carbocycles. The van der Waals surface area contributed by atoms with Gasteiger partial charge in [-0.05, 0) is 25.1 Å². The standard InChI is InChI=1S/C16H9F6N3OS/c1-6(26)11-5-9-12(24-14(23)25-13(9)27-11)8-3-2-7(15(17,18)19)4-10(8)16(20,21)22/h2-5H,1H3,(H2,23,24,25). The van der Waals surface area contributed by atoms with E-state index in [1.807, 2.05) is 0 Å². The van der Waals surface area contributed by atoms with Gasteiger partial charge in [0.25, 0.3) is 0 Å². The summed E-state index contributed by atoms with van der Waals surface area (Å²) in [5.41, 5.74) is 1.73. The predicted molar refractivity (Wildman–Crippen MR) is 87.3 cm³/mol. The van der Waals surface area contributed by atoms with E-state index in [0.717, 1.165) is 11.3 Å². The lowest BCUT2D eigenvalue weighted by atomic mass is 9.98. The topological polar surface area (TPSA) is 68.9 Å². The average molecular weight is 405 g/mol. The van der Waals surface area contributed by atoms with Gasteiger partial charge in [0.1, 0.15) is 4.83 Å².